The zero-order valence-corrected chi connectivity index (χ0v) is 9.89. The number of aliphatic hydroxyl groups is 1. The van der Waals surface area contributed by atoms with Crippen molar-refractivity contribution < 1.29 is 9.63 Å². The zero-order valence-electron chi connectivity index (χ0n) is 9.89. The zero-order chi connectivity index (χ0) is 11.5. The van der Waals surface area contributed by atoms with Gasteiger partial charge in [0.25, 0.3) is 0 Å². The lowest BCUT2D eigenvalue weighted by Gasteiger charge is -2.10. The second kappa shape index (κ2) is 4.93. The molecule has 1 saturated heterocycles. The van der Waals surface area contributed by atoms with Crippen molar-refractivity contribution in [2.75, 3.05) is 13.1 Å². The molecule has 1 N–H and O–H groups in total. The van der Waals surface area contributed by atoms with Crippen molar-refractivity contribution in [3.8, 4) is 0 Å². The molecule has 0 spiro atoms. The van der Waals surface area contributed by atoms with Gasteiger partial charge in [-0.25, -0.2) is 0 Å². The molecule has 16 heavy (non-hydrogen) atoms. The molecule has 0 bridgehead atoms. The lowest BCUT2D eigenvalue weighted by Crippen LogP contribution is -2.22. The van der Waals surface area contributed by atoms with Crippen molar-refractivity contribution in [2.45, 2.75) is 39.3 Å². The van der Waals surface area contributed by atoms with Crippen molar-refractivity contribution in [2.24, 2.45) is 5.92 Å². The number of likely N-dealkylation sites (tertiary alicyclic amines) is 1. The summed E-state index contributed by atoms with van der Waals surface area (Å²) < 4.78 is 5.16. The van der Waals surface area contributed by atoms with E-state index in [0.29, 0.717) is 24.9 Å². The van der Waals surface area contributed by atoms with Crippen LogP contribution in [0.3, 0.4) is 0 Å². The first-order valence-electron chi connectivity index (χ1n) is 5.85. The highest BCUT2D eigenvalue weighted by molar-refractivity contribution is 4.89. The number of aliphatic hydroxyl groups excluding tert-OH is 1. The first-order chi connectivity index (χ1) is 7.63. The number of nitrogens with zero attached hydrogens (tertiary/aromatic N) is 3. The molecule has 5 nitrogen and oxygen atoms in total. The van der Waals surface area contributed by atoms with E-state index in [9.17, 15) is 5.11 Å². The summed E-state index contributed by atoms with van der Waals surface area (Å²) in [6.45, 7) is 6.56. The molecule has 1 atom stereocenters. The Balaban J connectivity index is 1.87. The predicted octanol–water partition coefficient (Wildman–Crippen LogP) is 0.835. The Bertz CT molecular complexity index is 338. The van der Waals surface area contributed by atoms with Gasteiger partial charge in [-0.15, -0.1) is 0 Å². The molecule has 90 valence electrons. The Morgan fingerprint density at radius 3 is 3.00 bits per heavy atom. The lowest BCUT2D eigenvalue weighted by molar-refractivity contribution is 0.173. The van der Waals surface area contributed by atoms with Crippen molar-refractivity contribution >= 4 is 0 Å². The van der Waals surface area contributed by atoms with Crippen LogP contribution in [-0.4, -0.2) is 39.3 Å². The average Bonchev–Trinajstić information content (AvgIpc) is 2.76. The summed E-state index contributed by atoms with van der Waals surface area (Å²) in [6, 6.07) is 0. The van der Waals surface area contributed by atoms with Gasteiger partial charge in [0.2, 0.25) is 5.89 Å². The minimum atomic E-state index is -0.193. The standard InChI is InChI=1S/C11H19N3O2/c1-8(2)5-11-12-10(13-16-11)7-14-4-3-9(15)6-14/h8-9,15H,3-7H2,1-2H3. The summed E-state index contributed by atoms with van der Waals surface area (Å²) in [7, 11) is 0. The Morgan fingerprint density at radius 2 is 2.38 bits per heavy atom. The normalized spacial score (nSPS) is 22.1. The van der Waals surface area contributed by atoms with E-state index in [0.717, 1.165) is 25.2 Å². The summed E-state index contributed by atoms with van der Waals surface area (Å²) in [5.74, 6) is 1.97. The molecule has 1 aromatic heterocycles. The van der Waals surface area contributed by atoms with Gasteiger partial charge in [0, 0.05) is 19.5 Å². The van der Waals surface area contributed by atoms with E-state index in [1.165, 1.54) is 0 Å². The van der Waals surface area contributed by atoms with E-state index in [4.69, 9.17) is 4.52 Å². The molecule has 1 unspecified atom stereocenters. The molecular weight excluding hydrogens is 206 g/mol. The van der Waals surface area contributed by atoms with E-state index in [-0.39, 0.29) is 6.10 Å². The molecule has 1 fully saturated rings. The van der Waals surface area contributed by atoms with Crippen molar-refractivity contribution in [1.29, 1.82) is 0 Å². The van der Waals surface area contributed by atoms with Gasteiger partial charge in [-0.3, -0.25) is 4.90 Å². The number of rotatable bonds is 4. The Hall–Kier alpha value is -0.940. The molecule has 0 aliphatic carbocycles. The molecular formula is C11H19N3O2. The van der Waals surface area contributed by atoms with Gasteiger partial charge in [-0.1, -0.05) is 19.0 Å². The Kier molecular flexibility index (Phi) is 3.56. The number of hydrogen-bond acceptors (Lipinski definition) is 5. The predicted molar refractivity (Wildman–Crippen MR) is 58.7 cm³/mol. The molecule has 0 radical (unpaired) electrons. The van der Waals surface area contributed by atoms with E-state index >= 15 is 0 Å². The smallest absolute Gasteiger partial charge is 0.226 e. The van der Waals surface area contributed by atoms with Gasteiger partial charge in [0.05, 0.1) is 12.6 Å². The van der Waals surface area contributed by atoms with Crippen molar-refractivity contribution in [1.82, 2.24) is 15.0 Å². The fraction of sp³-hybridized carbons (Fsp3) is 0.818. The summed E-state index contributed by atoms with van der Waals surface area (Å²) in [4.78, 5) is 6.49. The highest BCUT2D eigenvalue weighted by atomic mass is 16.5. The number of β-amino-alcohol motifs (C(OH)–C–C–N with tert-alkyl or cyclic N) is 1. The van der Waals surface area contributed by atoms with E-state index < -0.39 is 0 Å². The van der Waals surface area contributed by atoms with Gasteiger partial charge in [0.15, 0.2) is 5.82 Å². The van der Waals surface area contributed by atoms with E-state index in [2.05, 4.69) is 28.9 Å². The molecule has 2 rings (SSSR count). The molecule has 1 aliphatic heterocycles. The van der Waals surface area contributed by atoms with Crippen LogP contribution in [0.15, 0.2) is 4.52 Å². The van der Waals surface area contributed by atoms with Crippen LogP contribution >= 0.6 is 0 Å². The van der Waals surface area contributed by atoms with Crippen LogP contribution < -0.4 is 0 Å². The van der Waals surface area contributed by atoms with Crippen LogP contribution in [0.1, 0.15) is 32.0 Å². The van der Waals surface area contributed by atoms with Gasteiger partial charge in [-0.05, 0) is 12.3 Å². The van der Waals surface area contributed by atoms with Crippen molar-refractivity contribution in [3.05, 3.63) is 11.7 Å². The van der Waals surface area contributed by atoms with Crippen molar-refractivity contribution in [3.63, 3.8) is 0 Å². The molecule has 0 aromatic carbocycles. The maximum Gasteiger partial charge on any atom is 0.226 e. The van der Waals surface area contributed by atoms with Gasteiger partial charge in [0.1, 0.15) is 0 Å². The quantitative estimate of drug-likeness (QED) is 0.822. The minimum absolute atomic E-state index is 0.193. The molecule has 0 saturated carbocycles. The Labute approximate surface area is 95.4 Å². The third-order valence-corrected chi connectivity index (χ3v) is 2.71. The van der Waals surface area contributed by atoms with E-state index in [1.54, 1.807) is 0 Å². The highest BCUT2D eigenvalue weighted by Crippen LogP contribution is 2.12. The second-order valence-electron chi connectivity index (χ2n) is 4.88. The van der Waals surface area contributed by atoms with Crippen LogP contribution in [-0.2, 0) is 13.0 Å². The van der Waals surface area contributed by atoms with E-state index in [1.807, 2.05) is 0 Å². The third-order valence-electron chi connectivity index (χ3n) is 2.71. The SMILES string of the molecule is CC(C)Cc1nc(CN2CCC(O)C2)no1. The number of hydrogen-bond donors (Lipinski definition) is 1. The summed E-state index contributed by atoms with van der Waals surface area (Å²) >= 11 is 0. The number of aromatic nitrogens is 2. The van der Waals surface area contributed by atoms with Crippen LogP contribution in [0, 0.1) is 5.92 Å². The fourth-order valence-electron chi connectivity index (χ4n) is 1.94. The first kappa shape index (κ1) is 11.5. The maximum absolute atomic E-state index is 9.40. The van der Waals surface area contributed by atoms with Crippen LogP contribution in [0.4, 0.5) is 0 Å². The van der Waals surface area contributed by atoms with Gasteiger partial charge >= 0.3 is 0 Å². The molecule has 5 heteroatoms. The lowest BCUT2D eigenvalue weighted by atomic mass is 10.1. The average molecular weight is 225 g/mol. The van der Waals surface area contributed by atoms with Crippen LogP contribution in [0.5, 0.6) is 0 Å². The van der Waals surface area contributed by atoms with Crippen LogP contribution in [0.2, 0.25) is 0 Å². The van der Waals surface area contributed by atoms with Gasteiger partial charge < -0.3 is 9.63 Å². The largest absolute Gasteiger partial charge is 0.392 e. The van der Waals surface area contributed by atoms with Crippen LogP contribution in [0.25, 0.3) is 0 Å². The molecule has 1 aliphatic rings. The fourth-order valence-corrected chi connectivity index (χ4v) is 1.94. The highest BCUT2D eigenvalue weighted by Gasteiger charge is 2.21. The maximum atomic E-state index is 9.40. The molecule has 2 heterocycles. The summed E-state index contributed by atoms with van der Waals surface area (Å²) in [6.07, 6.45) is 1.48. The second-order valence-corrected chi connectivity index (χ2v) is 4.88. The molecule has 0 amide bonds. The molecule has 1 aromatic rings. The van der Waals surface area contributed by atoms with Gasteiger partial charge in [-0.2, -0.15) is 4.98 Å². The topological polar surface area (TPSA) is 62.4 Å². The summed E-state index contributed by atoms with van der Waals surface area (Å²) in [5.41, 5.74) is 0. The Morgan fingerprint density at radius 1 is 1.56 bits per heavy atom. The third kappa shape index (κ3) is 3.02. The summed E-state index contributed by atoms with van der Waals surface area (Å²) in [5, 5.41) is 13.3. The minimum Gasteiger partial charge on any atom is -0.392 e. The first-order valence-corrected chi connectivity index (χ1v) is 5.85. The monoisotopic (exact) mass is 225 g/mol.